The van der Waals surface area contributed by atoms with Crippen LogP contribution in [0.1, 0.15) is 24.5 Å². The van der Waals surface area contributed by atoms with Crippen LogP contribution >= 0.6 is 11.3 Å². The summed E-state index contributed by atoms with van der Waals surface area (Å²) in [6.45, 7) is 4.40. The van der Waals surface area contributed by atoms with E-state index in [1.807, 2.05) is 11.3 Å². The fraction of sp³-hybridized carbons (Fsp3) is 0.167. The Bertz CT molecular complexity index is 1260. The van der Waals surface area contributed by atoms with E-state index in [-0.39, 0.29) is 0 Å². The molecule has 1 heteroatoms. The molecule has 0 bridgehead atoms. The van der Waals surface area contributed by atoms with Gasteiger partial charge in [-0.2, -0.15) is 0 Å². The molecular formula is C24H20S. The molecule has 0 atom stereocenters. The first-order chi connectivity index (χ1) is 12.2. The van der Waals surface area contributed by atoms with Crippen LogP contribution in [-0.4, -0.2) is 0 Å². The van der Waals surface area contributed by atoms with Gasteiger partial charge in [0.25, 0.3) is 0 Å². The lowest BCUT2D eigenvalue weighted by atomic mass is 10.0. The molecule has 0 spiro atoms. The summed E-state index contributed by atoms with van der Waals surface area (Å²) in [5, 5.41) is 8.16. The van der Waals surface area contributed by atoms with E-state index in [9.17, 15) is 0 Å². The predicted octanol–water partition coefficient (Wildman–Crippen LogP) is 7.62. The van der Waals surface area contributed by atoms with Gasteiger partial charge in [-0.1, -0.05) is 55.3 Å². The van der Waals surface area contributed by atoms with Gasteiger partial charge in [0.05, 0.1) is 0 Å². The first kappa shape index (κ1) is 14.9. The summed E-state index contributed by atoms with van der Waals surface area (Å²) < 4.78 is 2.77. The molecule has 0 unspecified atom stereocenters. The van der Waals surface area contributed by atoms with Crippen molar-refractivity contribution in [3.05, 3.63) is 71.8 Å². The molecule has 0 N–H and O–H groups in total. The SMILES string of the molecule is CCCc1ccc2cc3sc4cc5cc(C)ccc5cc4c3cc2c1. The average molecular weight is 340 g/mol. The van der Waals surface area contributed by atoms with Crippen molar-refractivity contribution >= 4 is 53.1 Å². The Labute approximate surface area is 151 Å². The highest BCUT2D eigenvalue weighted by atomic mass is 32.1. The maximum absolute atomic E-state index is 2.39. The number of aryl methyl sites for hydroxylation is 2. The molecule has 0 amide bonds. The van der Waals surface area contributed by atoms with Crippen LogP contribution in [-0.2, 0) is 6.42 Å². The van der Waals surface area contributed by atoms with Crippen molar-refractivity contribution < 1.29 is 0 Å². The topological polar surface area (TPSA) is 0 Å². The Hall–Kier alpha value is -2.38. The normalized spacial score (nSPS) is 11.9. The highest BCUT2D eigenvalue weighted by Gasteiger charge is 2.09. The van der Waals surface area contributed by atoms with E-state index in [0.29, 0.717) is 0 Å². The van der Waals surface area contributed by atoms with E-state index in [1.165, 1.54) is 59.3 Å². The van der Waals surface area contributed by atoms with Crippen LogP contribution < -0.4 is 0 Å². The van der Waals surface area contributed by atoms with Crippen molar-refractivity contribution in [2.24, 2.45) is 0 Å². The van der Waals surface area contributed by atoms with E-state index in [0.717, 1.165) is 6.42 Å². The third-order valence-corrected chi connectivity index (χ3v) is 6.26. The zero-order valence-electron chi connectivity index (χ0n) is 14.6. The minimum atomic E-state index is 1.16. The largest absolute Gasteiger partial charge is 0.135 e. The van der Waals surface area contributed by atoms with Gasteiger partial charge in [-0.05, 0) is 64.7 Å². The van der Waals surface area contributed by atoms with E-state index in [2.05, 4.69) is 74.5 Å². The van der Waals surface area contributed by atoms with Gasteiger partial charge in [-0.3, -0.25) is 0 Å². The lowest BCUT2D eigenvalue weighted by Gasteiger charge is -2.04. The van der Waals surface area contributed by atoms with E-state index in [1.54, 1.807) is 0 Å². The van der Waals surface area contributed by atoms with Gasteiger partial charge in [0, 0.05) is 20.2 Å². The number of hydrogen-bond acceptors (Lipinski definition) is 1. The Morgan fingerprint density at radius 3 is 2.12 bits per heavy atom. The lowest BCUT2D eigenvalue weighted by Crippen LogP contribution is -1.83. The predicted molar refractivity (Wildman–Crippen MR) is 113 cm³/mol. The van der Waals surface area contributed by atoms with Crippen LogP contribution in [0.25, 0.3) is 41.7 Å². The van der Waals surface area contributed by atoms with Gasteiger partial charge in [0.15, 0.2) is 0 Å². The molecule has 25 heavy (non-hydrogen) atoms. The molecule has 0 aliphatic rings. The number of hydrogen-bond donors (Lipinski definition) is 0. The number of rotatable bonds is 2. The van der Waals surface area contributed by atoms with E-state index < -0.39 is 0 Å². The molecule has 1 aromatic heterocycles. The van der Waals surface area contributed by atoms with Gasteiger partial charge < -0.3 is 0 Å². The highest BCUT2D eigenvalue weighted by molar-refractivity contribution is 7.26. The smallest absolute Gasteiger partial charge is 0.0361 e. The molecule has 4 aromatic carbocycles. The third kappa shape index (κ3) is 2.42. The molecule has 0 radical (unpaired) electrons. The molecule has 0 saturated heterocycles. The van der Waals surface area contributed by atoms with Gasteiger partial charge in [0.2, 0.25) is 0 Å². The van der Waals surface area contributed by atoms with Crippen LogP contribution in [0.2, 0.25) is 0 Å². The fourth-order valence-electron chi connectivity index (χ4n) is 3.88. The Morgan fingerprint density at radius 2 is 1.32 bits per heavy atom. The van der Waals surface area contributed by atoms with E-state index >= 15 is 0 Å². The Balaban J connectivity index is 1.83. The van der Waals surface area contributed by atoms with Gasteiger partial charge in [-0.25, -0.2) is 0 Å². The maximum atomic E-state index is 2.39. The van der Waals surface area contributed by atoms with Crippen molar-refractivity contribution in [2.75, 3.05) is 0 Å². The summed E-state index contributed by atoms with van der Waals surface area (Å²) in [6, 6.07) is 23.1. The van der Waals surface area contributed by atoms with Crippen molar-refractivity contribution in [3.8, 4) is 0 Å². The molecule has 0 nitrogen and oxygen atoms in total. The molecule has 0 saturated carbocycles. The minimum absolute atomic E-state index is 1.16. The zero-order chi connectivity index (χ0) is 17.0. The van der Waals surface area contributed by atoms with Gasteiger partial charge in [0.1, 0.15) is 0 Å². The maximum Gasteiger partial charge on any atom is 0.0361 e. The van der Waals surface area contributed by atoms with Crippen LogP contribution in [0.15, 0.2) is 60.7 Å². The Kier molecular flexibility index (Phi) is 3.33. The molecule has 0 aliphatic carbocycles. The molecule has 0 fully saturated rings. The minimum Gasteiger partial charge on any atom is -0.135 e. The fourth-order valence-corrected chi connectivity index (χ4v) is 5.04. The standard InChI is InChI=1S/C24H20S/c1-3-4-16-6-8-18-13-23-22(12-20(18)10-16)21-11-17-7-5-15(2)9-19(17)14-24(21)25-23/h5-14H,3-4H2,1-2H3. The summed E-state index contributed by atoms with van der Waals surface area (Å²) in [5.74, 6) is 0. The lowest BCUT2D eigenvalue weighted by molar-refractivity contribution is 0.924. The second-order valence-electron chi connectivity index (χ2n) is 7.08. The molecule has 5 aromatic rings. The van der Waals surface area contributed by atoms with Crippen LogP contribution in [0, 0.1) is 6.92 Å². The van der Waals surface area contributed by atoms with Gasteiger partial charge in [-0.15, -0.1) is 11.3 Å². The van der Waals surface area contributed by atoms with Crippen molar-refractivity contribution in [3.63, 3.8) is 0 Å². The second-order valence-corrected chi connectivity index (χ2v) is 8.16. The summed E-state index contributed by atoms with van der Waals surface area (Å²) in [7, 11) is 0. The summed E-state index contributed by atoms with van der Waals surface area (Å²) >= 11 is 1.91. The molecule has 122 valence electrons. The molecule has 0 aliphatic heterocycles. The van der Waals surface area contributed by atoms with E-state index in [4.69, 9.17) is 0 Å². The Morgan fingerprint density at radius 1 is 0.680 bits per heavy atom. The highest BCUT2D eigenvalue weighted by Crippen LogP contribution is 2.38. The van der Waals surface area contributed by atoms with Gasteiger partial charge >= 0.3 is 0 Å². The molecular weight excluding hydrogens is 320 g/mol. The summed E-state index contributed by atoms with van der Waals surface area (Å²) in [4.78, 5) is 0. The quantitative estimate of drug-likeness (QED) is 0.310. The number of benzene rings is 4. The monoisotopic (exact) mass is 340 g/mol. The summed E-state index contributed by atoms with van der Waals surface area (Å²) in [5.41, 5.74) is 2.76. The second kappa shape index (κ2) is 5.57. The third-order valence-electron chi connectivity index (χ3n) is 5.15. The number of thiophene rings is 1. The van der Waals surface area contributed by atoms with Crippen LogP contribution in [0.5, 0.6) is 0 Å². The van der Waals surface area contributed by atoms with Crippen LogP contribution in [0.4, 0.5) is 0 Å². The average Bonchev–Trinajstić information content (AvgIpc) is 2.94. The summed E-state index contributed by atoms with van der Waals surface area (Å²) in [6.07, 6.45) is 2.35. The first-order valence-electron chi connectivity index (χ1n) is 9.00. The first-order valence-corrected chi connectivity index (χ1v) is 9.82. The van der Waals surface area contributed by atoms with Crippen molar-refractivity contribution in [2.45, 2.75) is 26.7 Å². The van der Waals surface area contributed by atoms with Crippen molar-refractivity contribution in [1.82, 2.24) is 0 Å². The molecule has 5 rings (SSSR count). The number of fused-ring (bicyclic) bond motifs is 5. The zero-order valence-corrected chi connectivity index (χ0v) is 15.4. The van der Waals surface area contributed by atoms with Crippen LogP contribution in [0.3, 0.4) is 0 Å². The molecule has 1 heterocycles. The van der Waals surface area contributed by atoms with Crippen molar-refractivity contribution in [1.29, 1.82) is 0 Å².